The van der Waals surface area contributed by atoms with Gasteiger partial charge in [0.25, 0.3) is 0 Å². The lowest BCUT2D eigenvalue weighted by Crippen LogP contribution is -2.52. The van der Waals surface area contributed by atoms with E-state index < -0.39 is 24.5 Å². The Labute approximate surface area is 118 Å². The fourth-order valence-electron chi connectivity index (χ4n) is 2.30. The van der Waals surface area contributed by atoms with Gasteiger partial charge in [-0.2, -0.15) is 0 Å². The Bertz CT molecular complexity index is 364. The molecule has 3 amide bonds. The summed E-state index contributed by atoms with van der Waals surface area (Å²) in [5.74, 6) is -1.90. The molecule has 1 heterocycles. The lowest BCUT2D eigenvalue weighted by Gasteiger charge is -2.37. The maximum Gasteiger partial charge on any atom is 0.323 e. The van der Waals surface area contributed by atoms with Crippen LogP contribution in [0.5, 0.6) is 0 Å². The number of hydrogen-bond donors (Lipinski definition) is 2. The zero-order valence-corrected chi connectivity index (χ0v) is 11.9. The lowest BCUT2D eigenvalue weighted by atomic mass is 10.0. The molecule has 1 saturated heterocycles. The van der Waals surface area contributed by atoms with Crippen LogP contribution in [0.3, 0.4) is 0 Å². The van der Waals surface area contributed by atoms with E-state index in [-0.39, 0.29) is 12.6 Å². The molecule has 1 rings (SSSR count). The van der Waals surface area contributed by atoms with Crippen LogP contribution >= 0.6 is 0 Å². The van der Waals surface area contributed by atoms with E-state index in [0.717, 1.165) is 30.8 Å². The molecule has 0 unspecified atom stereocenters. The maximum atomic E-state index is 12.3. The standard InChI is InChI=1S/C12H22N4O4/c1-14-5-3-9(4-6-14)15(2)12(20)16(7-10(13)17)8-11(18)19/h9H,3-8H2,1-2H3,(H2,13,17)(H,18,19). The topological polar surface area (TPSA) is 107 Å². The summed E-state index contributed by atoms with van der Waals surface area (Å²) < 4.78 is 0. The summed E-state index contributed by atoms with van der Waals surface area (Å²) >= 11 is 0. The van der Waals surface area contributed by atoms with Crippen molar-refractivity contribution in [2.45, 2.75) is 18.9 Å². The van der Waals surface area contributed by atoms with Crippen LogP contribution < -0.4 is 5.73 Å². The van der Waals surface area contributed by atoms with Gasteiger partial charge in [0.1, 0.15) is 13.1 Å². The number of likely N-dealkylation sites (tertiary alicyclic amines) is 1. The minimum absolute atomic E-state index is 0.0582. The summed E-state index contributed by atoms with van der Waals surface area (Å²) in [7, 11) is 3.65. The van der Waals surface area contributed by atoms with Crippen LogP contribution in [-0.4, -0.2) is 84.0 Å². The Morgan fingerprint density at radius 1 is 1.25 bits per heavy atom. The summed E-state index contributed by atoms with van der Waals surface area (Å²) in [6.45, 7) is 0.856. The van der Waals surface area contributed by atoms with Crippen LogP contribution in [-0.2, 0) is 9.59 Å². The molecule has 20 heavy (non-hydrogen) atoms. The minimum atomic E-state index is -1.17. The van der Waals surface area contributed by atoms with E-state index in [4.69, 9.17) is 10.8 Å². The quantitative estimate of drug-likeness (QED) is 0.674. The lowest BCUT2D eigenvalue weighted by molar-refractivity contribution is -0.138. The summed E-state index contributed by atoms with van der Waals surface area (Å²) in [6.07, 6.45) is 1.66. The molecule has 0 spiro atoms. The third-order valence-corrected chi connectivity index (χ3v) is 3.48. The van der Waals surface area contributed by atoms with Crippen LogP contribution in [0.1, 0.15) is 12.8 Å². The van der Waals surface area contributed by atoms with Crippen molar-refractivity contribution < 1.29 is 19.5 Å². The van der Waals surface area contributed by atoms with Gasteiger partial charge in [-0.05, 0) is 33.0 Å². The van der Waals surface area contributed by atoms with Gasteiger partial charge in [-0.15, -0.1) is 0 Å². The number of carbonyl (C=O) groups excluding carboxylic acids is 2. The second-order valence-corrected chi connectivity index (χ2v) is 5.14. The largest absolute Gasteiger partial charge is 0.480 e. The van der Waals surface area contributed by atoms with Gasteiger partial charge in [0.15, 0.2) is 0 Å². The number of rotatable bonds is 5. The van der Waals surface area contributed by atoms with E-state index in [1.807, 2.05) is 7.05 Å². The fraction of sp³-hybridized carbons (Fsp3) is 0.750. The number of aliphatic carboxylic acids is 1. The highest BCUT2D eigenvalue weighted by molar-refractivity contribution is 5.86. The van der Waals surface area contributed by atoms with Crippen LogP contribution in [0.25, 0.3) is 0 Å². The van der Waals surface area contributed by atoms with E-state index in [1.165, 1.54) is 4.90 Å². The van der Waals surface area contributed by atoms with Crippen LogP contribution in [0.2, 0.25) is 0 Å². The van der Waals surface area contributed by atoms with Crippen molar-refractivity contribution in [2.75, 3.05) is 40.3 Å². The predicted octanol–water partition coefficient (Wildman–Crippen LogP) is -0.996. The van der Waals surface area contributed by atoms with E-state index in [9.17, 15) is 14.4 Å². The Hall–Kier alpha value is -1.83. The molecule has 0 atom stereocenters. The number of carbonyl (C=O) groups is 3. The first-order valence-electron chi connectivity index (χ1n) is 6.51. The summed E-state index contributed by atoms with van der Waals surface area (Å²) in [5, 5.41) is 8.80. The summed E-state index contributed by atoms with van der Waals surface area (Å²) in [4.78, 5) is 38.6. The Kier molecular flexibility index (Phi) is 5.75. The highest BCUT2D eigenvalue weighted by Crippen LogP contribution is 2.15. The molecule has 3 N–H and O–H groups in total. The van der Waals surface area contributed by atoms with Crippen molar-refractivity contribution in [1.82, 2.24) is 14.7 Å². The van der Waals surface area contributed by atoms with Crippen molar-refractivity contribution in [3.05, 3.63) is 0 Å². The molecule has 1 aliphatic rings. The molecule has 0 aromatic rings. The number of carboxylic acid groups (broad SMARTS) is 1. The second-order valence-electron chi connectivity index (χ2n) is 5.14. The average molecular weight is 286 g/mol. The molecule has 0 aromatic carbocycles. The van der Waals surface area contributed by atoms with Crippen molar-refractivity contribution in [2.24, 2.45) is 5.73 Å². The normalized spacial score (nSPS) is 16.7. The molecule has 1 fully saturated rings. The average Bonchev–Trinajstić information content (AvgIpc) is 2.36. The molecule has 114 valence electrons. The highest BCUT2D eigenvalue weighted by Gasteiger charge is 2.28. The van der Waals surface area contributed by atoms with Gasteiger partial charge in [0.2, 0.25) is 5.91 Å². The smallest absolute Gasteiger partial charge is 0.323 e. The number of nitrogens with zero attached hydrogens (tertiary/aromatic N) is 3. The Balaban J connectivity index is 2.67. The first kappa shape index (κ1) is 16.2. The highest BCUT2D eigenvalue weighted by atomic mass is 16.4. The van der Waals surface area contributed by atoms with Crippen LogP contribution in [0, 0.1) is 0 Å². The Morgan fingerprint density at radius 2 is 1.80 bits per heavy atom. The molecule has 0 aromatic heterocycles. The maximum absolute atomic E-state index is 12.3. The molecule has 0 bridgehead atoms. The minimum Gasteiger partial charge on any atom is -0.480 e. The van der Waals surface area contributed by atoms with Crippen molar-refractivity contribution >= 4 is 17.9 Å². The van der Waals surface area contributed by atoms with E-state index in [2.05, 4.69) is 4.90 Å². The zero-order chi connectivity index (χ0) is 15.3. The molecule has 8 heteroatoms. The molecule has 0 aliphatic carbocycles. The number of nitrogens with two attached hydrogens (primary N) is 1. The van der Waals surface area contributed by atoms with Gasteiger partial charge in [0.05, 0.1) is 0 Å². The van der Waals surface area contributed by atoms with E-state index >= 15 is 0 Å². The number of urea groups is 1. The molecule has 0 radical (unpaired) electrons. The first-order chi connectivity index (χ1) is 9.31. The monoisotopic (exact) mass is 286 g/mol. The SMILES string of the molecule is CN1CCC(N(C)C(=O)N(CC(N)=O)CC(=O)O)CC1. The van der Waals surface area contributed by atoms with Gasteiger partial charge in [0, 0.05) is 13.1 Å². The number of piperidine rings is 1. The molecule has 1 aliphatic heterocycles. The fourth-order valence-corrected chi connectivity index (χ4v) is 2.30. The molecular formula is C12H22N4O4. The van der Waals surface area contributed by atoms with Gasteiger partial charge in [-0.25, -0.2) is 4.79 Å². The van der Waals surface area contributed by atoms with Gasteiger partial charge < -0.3 is 25.5 Å². The summed E-state index contributed by atoms with van der Waals surface area (Å²) in [5.41, 5.74) is 5.05. The molecule has 0 saturated carbocycles. The first-order valence-corrected chi connectivity index (χ1v) is 6.51. The number of hydrogen-bond acceptors (Lipinski definition) is 4. The third kappa shape index (κ3) is 4.69. The number of amides is 3. The third-order valence-electron chi connectivity index (χ3n) is 3.48. The van der Waals surface area contributed by atoms with Crippen LogP contribution in [0.15, 0.2) is 0 Å². The van der Waals surface area contributed by atoms with Crippen molar-refractivity contribution in [3.8, 4) is 0 Å². The second kappa shape index (κ2) is 7.09. The molecule has 8 nitrogen and oxygen atoms in total. The van der Waals surface area contributed by atoms with Gasteiger partial charge >= 0.3 is 12.0 Å². The van der Waals surface area contributed by atoms with Gasteiger partial charge in [-0.1, -0.05) is 0 Å². The van der Waals surface area contributed by atoms with E-state index in [0.29, 0.717) is 0 Å². The predicted molar refractivity (Wildman–Crippen MR) is 72.1 cm³/mol. The van der Waals surface area contributed by atoms with E-state index in [1.54, 1.807) is 7.05 Å². The zero-order valence-electron chi connectivity index (χ0n) is 11.9. The summed E-state index contributed by atoms with van der Waals surface area (Å²) in [6, 6.07) is -0.413. The molecular weight excluding hydrogens is 264 g/mol. The number of carboxylic acids is 1. The number of primary amides is 1. The Morgan fingerprint density at radius 3 is 2.25 bits per heavy atom. The van der Waals surface area contributed by atoms with Crippen LogP contribution in [0.4, 0.5) is 4.79 Å². The van der Waals surface area contributed by atoms with Gasteiger partial charge in [-0.3, -0.25) is 9.59 Å². The van der Waals surface area contributed by atoms with Crippen molar-refractivity contribution in [3.63, 3.8) is 0 Å². The van der Waals surface area contributed by atoms with Crippen molar-refractivity contribution in [1.29, 1.82) is 0 Å².